The van der Waals surface area contributed by atoms with Gasteiger partial charge in [0.25, 0.3) is 0 Å². The Morgan fingerprint density at radius 1 is 1.24 bits per heavy atom. The number of halogens is 1. The number of anilines is 1. The lowest BCUT2D eigenvalue weighted by Gasteiger charge is -2.30. The van der Waals surface area contributed by atoms with Crippen molar-refractivity contribution in [3.8, 4) is 0 Å². The highest BCUT2D eigenvalue weighted by atomic mass is 35.5. The molecule has 1 aromatic heterocycles. The molecule has 0 saturated carbocycles. The lowest BCUT2D eigenvalue weighted by atomic mass is 9.89. The summed E-state index contributed by atoms with van der Waals surface area (Å²) >= 11 is 5.72. The smallest absolute Gasteiger partial charge is 0.319 e. The van der Waals surface area contributed by atoms with Gasteiger partial charge in [0.15, 0.2) is 0 Å². The number of amides is 2. The molecule has 2 rings (SSSR count). The third kappa shape index (κ3) is 3.95. The van der Waals surface area contributed by atoms with Crippen LogP contribution in [0, 0.1) is 0 Å². The fraction of sp³-hybridized carbons (Fsp3) is 0.250. The van der Waals surface area contributed by atoms with Crippen LogP contribution < -0.4 is 10.6 Å². The highest BCUT2D eigenvalue weighted by Gasteiger charge is 2.26. The molecule has 4 nitrogen and oxygen atoms in total. The molecule has 1 atom stereocenters. The van der Waals surface area contributed by atoms with E-state index in [1.807, 2.05) is 44.2 Å². The summed E-state index contributed by atoms with van der Waals surface area (Å²) in [4.78, 5) is 16.1. The number of benzene rings is 1. The minimum atomic E-state index is -0.425. The van der Waals surface area contributed by atoms with Crippen molar-refractivity contribution in [2.75, 3.05) is 5.32 Å². The van der Waals surface area contributed by atoms with Crippen LogP contribution in [-0.4, -0.2) is 11.0 Å². The van der Waals surface area contributed by atoms with Gasteiger partial charge >= 0.3 is 6.03 Å². The molecule has 0 aliphatic rings. The average Bonchev–Trinajstić information content (AvgIpc) is 2.50. The Hall–Kier alpha value is -2.07. The van der Waals surface area contributed by atoms with E-state index in [1.165, 1.54) is 6.20 Å². The van der Waals surface area contributed by atoms with Gasteiger partial charge in [0.05, 0.1) is 17.4 Å². The van der Waals surface area contributed by atoms with Gasteiger partial charge in [0, 0.05) is 0 Å². The zero-order chi connectivity index (χ0) is 15.3. The first-order chi connectivity index (χ1) is 10.0. The van der Waals surface area contributed by atoms with Crippen LogP contribution in [0.5, 0.6) is 0 Å². The maximum atomic E-state index is 12.2. The number of aromatic nitrogens is 1. The van der Waals surface area contributed by atoms with Crippen molar-refractivity contribution in [2.24, 2.45) is 0 Å². The van der Waals surface area contributed by atoms with Gasteiger partial charge in [-0.05, 0) is 31.0 Å². The summed E-state index contributed by atoms with van der Waals surface area (Å²) < 4.78 is 0. The maximum absolute atomic E-state index is 12.2. The lowest BCUT2D eigenvalue weighted by molar-refractivity contribution is 0.238. The molecule has 0 aliphatic carbocycles. The van der Waals surface area contributed by atoms with Gasteiger partial charge in [-0.3, -0.25) is 0 Å². The highest BCUT2D eigenvalue weighted by molar-refractivity contribution is 6.29. The summed E-state index contributed by atoms with van der Waals surface area (Å²) in [7, 11) is 0. The third-order valence-corrected chi connectivity index (χ3v) is 3.72. The van der Waals surface area contributed by atoms with E-state index in [4.69, 9.17) is 11.6 Å². The molecule has 0 spiro atoms. The van der Waals surface area contributed by atoms with E-state index >= 15 is 0 Å². The predicted molar refractivity (Wildman–Crippen MR) is 85.5 cm³/mol. The Morgan fingerprint density at radius 2 is 1.95 bits per heavy atom. The molecule has 0 bridgehead atoms. The predicted octanol–water partition coefficient (Wildman–Crippen LogP) is 4.18. The maximum Gasteiger partial charge on any atom is 0.319 e. The number of carbonyl (C=O) groups excluding carboxylic acids is 1. The largest absolute Gasteiger partial charge is 0.329 e. The topological polar surface area (TPSA) is 54.0 Å². The van der Waals surface area contributed by atoms with Crippen molar-refractivity contribution in [2.45, 2.75) is 25.8 Å². The van der Waals surface area contributed by atoms with Gasteiger partial charge in [-0.2, -0.15) is 0 Å². The van der Waals surface area contributed by atoms with Gasteiger partial charge in [0.2, 0.25) is 0 Å². The molecule has 1 unspecified atom stereocenters. The fourth-order valence-corrected chi connectivity index (χ4v) is 2.15. The van der Waals surface area contributed by atoms with Crippen molar-refractivity contribution in [1.29, 1.82) is 0 Å². The molecule has 2 aromatic rings. The standard InChI is InChI=1S/C16H18ClN3O/c1-3-16(2,12-7-5-4-6-8-12)20-15(21)19-13-9-10-14(17)18-11-13/h4-11H,3H2,1-2H3,(H2,19,20,21). The zero-order valence-corrected chi connectivity index (χ0v) is 12.8. The quantitative estimate of drug-likeness (QED) is 0.832. The molecule has 5 heteroatoms. The first-order valence-electron chi connectivity index (χ1n) is 6.80. The monoisotopic (exact) mass is 303 g/mol. The summed E-state index contributed by atoms with van der Waals surface area (Å²) in [5, 5.41) is 6.16. The van der Waals surface area contributed by atoms with E-state index in [0.717, 1.165) is 12.0 Å². The molecule has 110 valence electrons. The first-order valence-corrected chi connectivity index (χ1v) is 7.17. The molecule has 0 fully saturated rings. The second-order valence-corrected chi connectivity index (χ2v) is 5.39. The van der Waals surface area contributed by atoms with Crippen LogP contribution in [0.4, 0.5) is 10.5 Å². The first kappa shape index (κ1) is 15.3. The Bertz CT molecular complexity index is 601. The van der Waals surface area contributed by atoms with Crippen LogP contribution in [0.2, 0.25) is 5.15 Å². The summed E-state index contributed by atoms with van der Waals surface area (Å²) in [5.74, 6) is 0. The number of nitrogens with one attached hydrogen (secondary N) is 2. The average molecular weight is 304 g/mol. The minimum absolute atomic E-state index is 0.271. The summed E-state index contributed by atoms with van der Waals surface area (Å²) in [5.41, 5.74) is 1.24. The molecular formula is C16H18ClN3O. The van der Waals surface area contributed by atoms with Crippen LogP contribution in [0.3, 0.4) is 0 Å². The van der Waals surface area contributed by atoms with E-state index in [0.29, 0.717) is 10.8 Å². The van der Waals surface area contributed by atoms with E-state index in [9.17, 15) is 4.79 Å². The van der Waals surface area contributed by atoms with Gasteiger partial charge in [-0.1, -0.05) is 48.9 Å². The Morgan fingerprint density at radius 3 is 2.52 bits per heavy atom. The zero-order valence-electron chi connectivity index (χ0n) is 12.1. The molecule has 2 N–H and O–H groups in total. The molecule has 0 radical (unpaired) electrons. The second-order valence-electron chi connectivity index (χ2n) is 5.00. The van der Waals surface area contributed by atoms with E-state index in [1.54, 1.807) is 12.1 Å². The molecule has 21 heavy (non-hydrogen) atoms. The Labute approximate surface area is 129 Å². The molecule has 1 heterocycles. The normalized spacial score (nSPS) is 13.3. The molecule has 0 saturated heterocycles. The molecule has 2 amide bonds. The van der Waals surface area contributed by atoms with Crippen molar-refractivity contribution < 1.29 is 4.79 Å². The summed E-state index contributed by atoms with van der Waals surface area (Å²) in [6.07, 6.45) is 2.30. The van der Waals surface area contributed by atoms with E-state index in [2.05, 4.69) is 15.6 Å². The van der Waals surface area contributed by atoms with Crippen molar-refractivity contribution in [3.63, 3.8) is 0 Å². The number of nitrogens with zero attached hydrogens (tertiary/aromatic N) is 1. The van der Waals surface area contributed by atoms with Crippen LogP contribution in [-0.2, 0) is 5.54 Å². The molecule has 0 aliphatic heterocycles. The SMILES string of the molecule is CCC(C)(NC(=O)Nc1ccc(Cl)nc1)c1ccccc1. The van der Waals surface area contributed by atoms with Crippen molar-refractivity contribution >= 4 is 23.3 Å². The van der Waals surface area contributed by atoms with E-state index < -0.39 is 5.54 Å². The van der Waals surface area contributed by atoms with Gasteiger partial charge in [0.1, 0.15) is 5.15 Å². The van der Waals surface area contributed by atoms with Crippen molar-refractivity contribution in [1.82, 2.24) is 10.3 Å². The van der Waals surface area contributed by atoms with Crippen molar-refractivity contribution in [3.05, 3.63) is 59.4 Å². The summed E-state index contributed by atoms with van der Waals surface area (Å²) in [6, 6.07) is 13.0. The number of hydrogen-bond donors (Lipinski definition) is 2. The van der Waals surface area contributed by atoms with Crippen LogP contribution in [0.15, 0.2) is 48.7 Å². The number of hydrogen-bond acceptors (Lipinski definition) is 2. The molecule has 1 aromatic carbocycles. The number of rotatable bonds is 4. The summed E-state index contributed by atoms with van der Waals surface area (Å²) in [6.45, 7) is 4.04. The van der Waals surface area contributed by atoms with Gasteiger partial charge < -0.3 is 10.6 Å². The third-order valence-electron chi connectivity index (χ3n) is 3.49. The molecular weight excluding hydrogens is 286 g/mol. The van der Waals surface area contributed by atoms with Crippen LogP contribution in [0.1, 0.15) is 25.8 Å². The highest BCUT2D eigenvalue weighted by Crippen LogP contribution is 2.24. The second kappa shape index (κ2) is 6.59. The Kier molecular flexibility index (Phi) is 4.81. The van der Waals surface area contributed by atoms with Gasteiger partial charge in [-0.15, -0.1) is 0 Å². The lowest BCUT2D eigenvalue weighted by Crippen LogP contribution is -2.45. The number of pyridine rings is 1. The Balaban J connectivity index is 2.08. The minimum Gasteiger partial charge on any atom is -0.329 e. The fourth-order valence-electron chi connectivity index (χ4n) is 2.03. The number of urea groups is 1. The van der Waals surface area contributed by atoms with Crippen LogP contribution in [0.25, 0.3) is 0 Å². The number of carbonyl (C=O) groups is 1. The van der Waals surface area contributed by atoms with E-state index in [-0.39, 0.29) is 6.03 Å². The van der Waals surface area contributed by atoms with Gasteiger partial charge in [-0.25, -0.2) is 9.78 Å². The van der Waals surface area contributed by atoms with Crippen LogP contribution >= 0.6 is 11.6 Å².